The van der Waals surface area contributed by atoms with Gasteiger partial charge in [-0.15, -0.1) is 0 Å². The zero-order chi connectivity index (χ0) is 12.0. The zero-order valence-corrected chi connectivity index (χ0v) is 9.99. The normalized spacial score (nSPS) is 10.7. The molecular formula is C13H20N2O. The Labute approximate surface area is 97.0 Å². The topological polar surface area (TPSA) is 55.1 Å². The van der Waals surface area contributed by atoms with Crippen LogP contribution in [0.15, 0.2) is 24.3 Å². The Kier molecular flexibility index (Phi) is 4.99. The van der Waals surface area contributed by atoms with Crippen LogP contribution in [0.4, 0.5) is 0 Å². The SMILES string of the molecule is CC(C)CCNCc1ccccc1C(N)=O. The highest BCUT2D eigenvalue weighted by Crippen LogP contribution is 2.07. The van der Waals surface area contributed by atoms with Crippen molar-refractivity contribution in [2.75, 3.05) is 6.54 Å². The molecule has 88 valence electrons. The van der Waals surface area contributed by atoms with Crippen molar-refractivity contribution in [3.63, 3.8) is 0 Å². The molecule has 3 nitrogen and oxygen atoms in total. The first-order valence-electron chi connectivity index (χ1n) is 5.69. The van der Waals surface area contributed by atoms with Crippen molar-refractivity contribution in [2.24, 2.45) is 11.7 Å². The molecule has 0 saturated carbocycles. The van der Waals surface area contributed by atoms with Gasteiger partial charge in [0.25, 0.3) is 0 Å². The van der Waals surface area contributed by atoms with Crippen molar-refractivity contribution >= 4 is 5.91 Å². The molecule has 0 aliphatic heterocycles. The van der Waals surface area contributed by atoms with Crippen LogP contribution in [0.2, 0.25) is 0 Å². The number of hydrogen-bond donors (Lipinski definition) is 2. The van der Waals surface area contributed by atoms with E-state index in [2.05, 4.69) is 19.2 Å². The summed E-state index contributed by atoms with van der Waals surface area (Å²) in [6.45, 7) is 6.05. The number of rotatable bonds is 6. The maximum atomic E-state index is 11.2. The Morgan fingerprint density at radius 2 is 2.06 bits per heavy atom. The highest BCUT2D eigenvalue weighted by atomic mass is 16.1. The molecule has 0 aromatic heterocycles. The molecular weight excluding hydrogens is 200 g/mol. The second-order valence-corrected chi connectivity index (χ2v) is 4.38. The molecule has 0 radical (unpaired) electrons. The third kappa shape index (κ3) is 4.03. The Hall–Kier alpha value is -1.35. The quantitative estimate of drug-likeness (QED) is 0.720. The average Bonchev–Trinajstić information content (AvgIpc) is 2.24. The highest BCUT2D eigenvalue weighted by Gasteiger charge is 2.05. The summed E-state index contributed by atoms with van der Waals surface area (Å²) in [5.74, 6) is 0.333. The molecule has 3 N–H and O–H groups in total. The standard InChI is InChI=1S/C13H20N2O/c1-10(2)7-8-15-9-11-5-3-4-6-12(11)13(14)16/h3-6,10,15H,7-9H2,1-2H3,(H2,14,16). The van der Waals surface area contributed by atoms with Crippen LogP contribution in [-0.4, -0.2) is 12.5 Å². The Bertz CT molecular complexity index is 348. The van der Waals surface area contributed by atoms with Gasteiger partial charge in [0.2, 0.25) is 5.91 Å². The fraction of sp³-hybridized carbons (Fsp3) is 0.462. The van der Waals surface area contributed by atoms with Crippen molar-refractivity contribution in [3.8, 4) is 0 Å². The molecule has 0 heterocycles. The predicted octanol–water partition coefficient (Wildman–Crippen LogP) is 1.92. The van der Waals surface area contributed by atoms with Gasteiger partial charge >= 0.3 is 0 Å². The van der Waals surface area contributed by atoms with Crippen molar-refractivity contribution < 1.29 is 4.79 Å². The largest absolute Gasteiger partial charge is 0.366 e. The molecule has 1 rings (SSSR count). The van der Waals surface area contributed by atoms with Crippen LogP contribution < -0.4 is 11.1 Å². The lowest BCUT2D eigenvalue weighted by molar-refractivity contribution is 0.0999. The number of nitrogens with two attached hydrogens (primary N) is 1. The maximum Gasteiger partial charge on any atom is 0.249 e. The highest BCUT2D eigenvalue weighted by molar-refractivity contribution is 5.94. The summed E-state index contributed by atoms with van der Waals surface area (Å²) < 4.78 is 0. The molecule has 0 aliphatic carbocycles. The maximum absolute atomic E-state index is 11.2. The van der Waals surface area contributed by atoms with Crippen molar-refractivity contribution in [1.82, 2.24) is 5.32 Å². The summed E-state index contributed by atoms with van der Waals surface area (Å²) in [4.78, 5) is 11.2. The van der Waals surface area contributed by atoms with E-state index in [9.17, 15) is 4.79 Å². The molecule has 3 heteroatoms. The van der Waals surface area contributed by atoms with Crippen molar-refractivity contribution in [3.05, 3.63) is 35.4 Å². The average molecular weight is 220 g/mol. The minimum absolute atomic E-state index is 0.360. The number of primary amides is 1. The molecule has 0 saturated heterocycles. The first-order valence-corrected chi connectivity index (χ1v) is 5.69. The van der Waals surface area contributed by atoms with E-state index in [0.717, 1.165) is 18.5 Å². The minimum Gasteiger partial charge on any atom is -0.366 e. The minimum atomic E-state index is -0.360. The molecule has 0 atom stereocenters. The molecule has 0 unspecified atom stereocenters. The molecule has 0 spiro atoms. The van der Waals surface area contributed by atoms with Gasteiger partial charge in [0, 0.05) is 12.1 Å². The molecule has 1 aromatic carbocycles. The van der Waals surface area contributed by atoms with Gasteiger partial charge in [0.05, 0.1) is 0 Å². The van der Waals surface area contributed by atoms with E-state index in [4.69, 9.17) is 5.73 Å². The number of benzene rings is 1. The van der Waals surface area contributed by atoms with Gasteiger partial charge in [-0.25, -0.2) is 0 Å². The van der Waals surface area contributed by atoms with Crippen LogP contribution in [0.5, 0.6) is 0 Å². The third-order valence-corrected chi connectivity index (χ3v) is 2.50. The van der Waals surface area contributed by atoms with E-state index < -0.39 is 0 Å². The van der Waals surface area contributed by atoms with Crippen LogP contribution in [0, 0.1) is 5.92 Å². The molecule has 0 bridgehead atoms. The van der Waals surface area contributed by atoms with Gasteiger partial charge in [-0.3, -0.25) is 4.79 Å². The van der Waals surface area contributed by atoms with E-state index in [1.165, 1.54) is 0 Å². The number of carbonyl (C=O) groups is 1. The number of amides is 1. The zero-order valence-electron chi connectivity index (χ0n) is 9.99. The Morgan fingerprint density at radius 3 is 2.69 bits per heavy atom. The molecule has 16 heavy (non-hydrogen) atoms. The van der Waals surface area contributed by atoms with Gasteiger partial charge in [0.15, 0.2) is 0 Å². The van der Waals surface area contributed by atoms with Crippen molar-refractivity contribution in [1.29, 1.82) is 0 Å². The van der Waals surface area contributed by atoms with Crippen LogP contribution in [0.3, 0.4) is 0 Å². The molecule has 0 fully saturated rings. The Morgan fingerprint density at radius 1 is 1.38 bits per heavy atom. The van der Waals surface area contributed by atoms with Crippen molar-refractivity contribution in [2.45, 2.75) is 26.8 Å². The summed E-state index contributed by atoms with van der Waals surface area (Å²) in [6.07, 6.45) is 1.14. The molecule has 1 aromatic rings. The van der Waals surface area contributed by atoms with Crippen LogP contribution >= 0.6 is 0 Å². The summed E-state index contributed by atoms with van der Waals surface area (Å²) in [5, 5.41) is 3.32. The van der Waals surface area contributed by atoms with E-state index in [0.29, 0.717) is 18.0 Å². The number of carbonyl (C=O) groups excluding carboxylic acids is 1. The molecule has 1 amide bonds. The predicted molar refractivity (Wildman–Crippen MR) is 66.1 cm³/mol. The van der Waals surface area contributed by atoms with Crippen LogP contribution in [0.25, 0.3) is 0 Å². The van der Waals surface area contributed by atoms with Gasteiger partial charge in [0.1, 0.15) is 0 Å². The van der Waals surface area contributed by atoms with E-state index in [-0.39, 0.29) is 5.91 Å². The van der Waals surface area contributed by atoms with Gasteiger partial charge in [-0.05, 0) is 30.5 Å². The summed E-state index contributed by atoms with van der Waals surface area (Å²) >= 11 is 0. The van der Waals surface area contributed by atoms with Gasteiger partial charge < -0.3 is 11.1 Å². The smallest absolute Gasteiger partial charge is 0.249 e. The first-order chi connectivity index (χ1) is 7.61. The van der Waals surface area contributed by atoms with Gasteiger partial charge in [-0.1, -0.05) is 32.0 Å². The third-order valence-electron chi connectivity index (χ3n) is 2.50. The fourth-order valence-corrected chi connectivity index (χ4v) is 1.53. The lowest BCUT2D eigenvalue weighted by atomic mass is 10.1. The summed E-state index contributed by atoms with van der Waals surface area (Å²) in [5.41, 5.74) is 6.88. The lowest BCUT2D eigenvalue weighted by Gasteiger charge is -2.09. The monoisotopic (exact) mass is 220 g/mol. The summed E-state index contributed by atoms with van der Waals surface area (Å²) in [6, 6.07) is 7.45. The Balaban J connectivity index is 2.50. The lowest BCUT2D eigenvalue weighted by Crippen LogP contribution is -2.20. The van der Waals surface area contributed by atoms with E-state index >= 15 is 0 Å². The van der Waals surface area contributed by atoms with E-state index in [1.807, 2.05) is 18.2 Å². The second-order valence-electron chi connectivity index (χ2n) is 4.38. The molecule has 0 aliphatic rings. The second kappa shape index (κ2) is 6.28. The van der Waals surface area contributed by atoms with Gasteiger partial charge in [-0.2, -0.15) is 0 Å². The first kappa shape index (κ1) is 12.7. The van der Waals surface area contributed by atoms with Crippen LogP contribution in [0.1, 0.15) is 36.2 Å². The summed E-state index contributed by atoms with van der Waals surface area (Å²) in [7, 11) is 0. The van der Waals surface area contributed by atoms with Crippen LogP contribution in [-0.2, 0) is 6.54 Å². The van der Waals surface area contributed by atoms with E-state index in [1.54, 1.807) is 6.07 Å². The fourth-order valence-electron chi connectivity index (χ4n) is 1.53. The number of hydrogen-bond acceptors (Lipinski definition) is 2. The number of nitrogens with one attached hydrogen (secondary N) is 1.